The number of thiazole rings is 1. The molecule has 3 aromatic rings. The van der Waals surface area contributed by atoms with E-state index in [1.807, 2.05) is 17.7 Å². The van der Waals surface area contributed by atoms with Gasteiger partial charge in [-0.2, -0.15) is 4.99 Å². The van der Waals surface area contributed by atoms with Crippen LogP contribution in [0.2, 0.25) is 0 Å². The van der Waals surface area contributed by atoms with Gasteiger partial charge in [0, 0.05) is 24.7 Å². The lowest BCUT2D eigenvalue weighted by molar-refractivity contribution is -0.384. The van der Waals surface area contributed by atoms with Crippen LogP contribution in [0.3, 0.4) is 0 Å². The molecule has 0 aliphatic heterocycles. The molecule has 0 saturated carbocycles. The molecule has 0 bridgehead atoms. The molecule has 1 amide bonds. The number of non-ortho nitro benzene ring substituents is 1. The summed E-state index contributed by atoms with van der Waals surface area (Å²) in [4.78, 5) is 27.3. The van der Waals surface area contributed by atoms with Crippen molar-refractivity contribution in [1.82, 2.24) is 4.57 Å². The molecule has 128 valence electrons. The minimum Gasteiger partial charge on any atom is -0.319 e. The van der Waals surface area contributed by atoms with Crippen molar-refractivity contribution in [3.05, 3.63) is 68.5 Å². The van der Waals surface area contributed by atoms with Crippen LogP contribution in [0.25, 0.3) is 10.2 Å². The molecule has 0 spiro atoms. The van der Waals surface area contributed by atoms with Crippen molar-refractivity contribution in [3.63, 3.8) is 0 Å². The van der Waals surface area contributed by atoms with E-state index < -0.39 is 10.8 Å². The van der Waals surface area contributed by atoms with Crippen LogP contribution in [-0.4, -0.2) is 15.4 Å². The van der Waals surface area contributed by atoms with Crippen molar-refractivity contribution in [3.8, 4) is 0 Å². The van der Waals surface area contributed by atoms with E-state index in [0.29, 0.717) is 16.3 Å². The van der Waals surface area contributed by atoms with Gasteiger partial charge in [-0.15, -0.1) is 0 Å². The average molecular weight is 355 g/mol. The van der Waals surface area contributed by atoms with Gasteiger partial charge in [0.05, 0.1) is 15.1 Å². The van der Waals surface area contributed by atoms with E-state index in [2.05, 4.69) is 31.0 Å². The number of nitro groups is 1. The zero-order valence-electron chi connectivity index (χ0n) is 14.1. The molecule has 0 unspecified atom stereocenters. The van der Waals surface area contributed by atoms with Crippen molar-refractivity contribution in [2.75, 3.05) is 0 Å². The molecule has 0 N–H and O–H groups in total. The Hall–Kier alpha value is -2.80. The summed E-state index contributed by atoms with van der Waals surface area (Å²) < 4.78 is 2.96. The topological polar surface area (TPSA) is 77.5 Å². The van der Waals surface area contributed by atoms with E-state index in [9.17, 15) is 14.9 Å². The number of aryl methyl sites for hydroxylation is 1. The standard InChI is InChI=1S/C18H17N3O3S/c1-11(2)13-6-9-15-16(10-13)25-18(20(15)3)19-17(22)12-4-7-14(8-5-12)21(23)24/h4-11H,1-3H3. The van der Waals surface area contributed by atoms with Crippen molar-refractivity contribution >= 4 is 33.1 Å². The molecule has 3 rings (SSSR count). The number of hydrogen-bond acceptors (Lipinski definition) is 4. The molecule has 0 aliphatic carbocycles. The predicted molar refractivity (Wildman–Crippen MR) is 97.9 cm³/mol. The van der Waals surface area contributed by atoms with Crippen molar-refractivity contribution < 1.29 is 9.72 Å². The highest BCUT2D eigenvalue weighted by molar-refractivity contribution is 7.16. The molecule has 0 fully saturated rings. The Balaban J connectivity index is 2.01. The second-order valence-corrected chi connectivity index (χ2v) is 7.06. The summed E-state index contributed by atoms with van der Waals surface area (Å²) >= 11 is 1.45. The summed E-state index contributed by atoms with van der Waals surface area (Å²) in [5, 5.41) is 10.7. The van der Waals surface area contributed by atoms with Gasteiger partial charge in [0.2, 0.25) is 0 Å². The fraction of sp³-hybridized carbons (Fsp3) is 0.222. The lowest BCUT2D eigenvalue weighted by Gasteiger charge is -2.04. The second-order valence-electron chi connectivity index (χ2n) is 6.05. The first-order chi connectivity index (χ1) is 11.9. The van der Waals surface area contributed by atoms with Crippen LogP contribution in [0.4, 0.5) is 5.69 Å². The SMILES string of the molecule is CC(C)c1ccc2c(c1)sc(=NC(=O)c1ccc([N+](=O)[O-])cc1)n2C. The number of carbonyl (C=O) groups is 1. The molecule has 7 heteroatoms. The highest BCUT2D eigenvalue weighted by Crippen LogP contribution is 2.23. The molecule has 0 atom stereocenters. The number of benzene rings is 2. The van der Waals surface area contributed by atoms with Gasteiger partial charge in [0.25, 0.3) is 11.6 Å². The number of amides is 1. The molecule has 0 saturated heterocycles. The number of aromatic nitrogens is 1. The zero-order chi connectivity index (χ0) is 18.1. The van der Waals surface area contributed by atoms with Crippen LogP contribution >= 0.6 is 11.3 Å². The van der Waals surface area contributed by atoms with Gasteiger partial charge in [0.15, 0.2) is 4.80 Å². The van der Waals surface area contributed by atoms with Gasteiger partial charge in [-0.1, -0.05) is 31.3 Å². The highest BCUT2D eigenvalue weighted by atomic mass is 32.1. The van der Waals surface area contributed by atoms with Crippen molar-refractivity contribution in [2.45, 2.75) is 19.8 Å². The maximum Gasteiger partial charge on any atom is 0.279 e. The fourth-order valence-corrected chi connectivity index (χ4v) is 3.56. The second kappa shape index (κ2) is 6.60. The number of nitro benzene ring substituents is 1. The highest BCUT2D eigenvalue weighted by Gasteiger charge is 2.11. The van der Waals surface area contributed by atoms with E-state index in [-0.39, 0.29) is 5.69 Å². The summed E-state index contributed by atoms with van der Waals surface area (Å²) in [7, 11) is 1.87. The number of rotatable bonds is 3. The molecule has 2 aromatic carbocycles. The van der Waals surface area contributed by atoms with Crippen LogP contribution in [0.1, 0.15) is 35.7 Å². The van der Waals surface area contributed by atoms with Crippen molar-refractivity contribution in [2.24, 2.45) is 12.0 Å². The zero-order valence-corrected chi connectivity index (χ0v) is 14.9. The van der Waals surface area contributed by atoms with Gasteiger partial charge in [0.1, 0.15) is 0 Å². The third-order valence-corrected chi connectivity index (χ3v) is 5.12. The first-order valence-electron chi connectivity index (χ1n) is 7.80. The molecule has 1 aromatic heterocycles. The lowest BCUT2D eigenvalue weighted by Crippen LogP contribution is -2.13. The number of fused-ring (bicyclic) bond motifs is 1. The maximum absolute atomic E-state index is 12.4. The smallest absolute Gasteiger partial charge is 0.279 e. The van der Waals surface area contributed by atoms with Gasteiger partial charge >= 0.3 is 0 Å². The van der Waals surface area contributed by atoms with Gasteiger partial charge < -0.3 is 4.57 Å². The molecule has 25 heavy (non-hydrogen) atoms. The monoisotopic (exact) mass is 355 g/mol. The average Bonchev–Trinajstić information content (AvgIpc) is 2.90. The molecule has 6 nitrogen and oxygen atoms in total. The fourth-order valence-electron chi connectivity index (χ4n) is 2.49. The van der Waals surface area contributed by atoms with Gasteiger partial charge in [-0.05, 0) is 35.7 Å². The van der Waals surface area contributed by atoms with Crippen LogP contribution in [0, 0.1) is 10.1 Å². The number of hydrogen-bond donors (Lipinski definition) is 0. The van der Waals surface area contributed by atoms with Gasteiger partial charge in [-0.3, -0.25) is 14.9 Å². The predicted octanol–water partition coefficient (Wildman–Crippen LogP) is 4.01. The first kappa shape index (κ1) is 17.0. The van der Waals surface area contributed by atoms with E-state index in [0.717, 1.165) is 10.2 Å². The Morgan fingerprint density at radius 2 is 1.88 bits per heavy atom. The Morgan fingerprint density at radius 1 is 1.20 bits per heavy atom. The number of carbonyl (C=O) groups excluding carboxylic acids is 1. The summed E-state index contributed by atoms with van der Waals surface area (Å²) in [6, 6.07) is 11.7. The summed E-state index contributed by atoms with van der Waals surface area (Å²) in [5.74, 6) is 0.0140. The summed E-state index contributed by atoms with van der Waals surface area (Å²) in [5.41, 5.74) is 2.53. The summed E-state index contributed by atoms with van der Waals surface area (Å²) in [6.07, 6.45) is 0. The Kier molecular flexibility index (Phi) is 4.50. The maximum atomic E-state index is 12.4. The largest absolute Gasteiger partial charge is 0.319 e. The molecular formula is C18H17N3O3S. The minimum atomic E-state index is -0.496. The molecule has 0 aliphatic rings. The van der Waals surface area contributed by atoms with E-state index in [1.165, 1.54) is 41.2 Å². The Bertz CT molecular complexity index is 1030. The normalized spacial score (nSPS) is 12.1. The first-order valence-corrected chi connectivity index (χ1v) is 8.61. The molecular weight excluding hydrogens is 338 g/mol. The Morgan fingerprint density at radius 3 is 2.48 bits per heavy atom. The number of nitrogens with zero attached hydrogens (tertiary/aromatic N) is 3. The Labute approximate surface area is 148 Å². The van der Waals surface area contributed by atoms with Crippen LogP contribution in [0.5, 0.6) is 0 Å². The minimum absolute atomic E-state index is 0.0508. The molecule has 1 heterocycles. The van der Waals surface area contributed by atoms with E-state index >= 15 is 0 Å². The lowest BCUT2D eigenvalue weighted by atomic mass is 10.0. The van der Waals surface area contributed by atoms with E-state index in [4.69, 9.17) is 0 Å². The van der Waals surface area contributed by atoms with Crippen LogP contribution in [0.15, 0.2) is 47.5 Å². The van der Waals surface area contributed by atoms with Crippen LogP contribution in [-0.2, 0) is 7.05 Å². The molecule has 0 radical (unpaired) electrons. The quantitative estimate of drug-likeness (QED) is 0.526. The van der Waals surface area contributed by atoms with Crippen LogP contribution < -0.4 is 4.80 Å². The third kappa shape index (κ3) is 3.36. The van der Waals surface area contributed by atoms with Gasteiger partial charge in [-0.25, -0.2) is 0 Å². The van der Waals surface area contributed by atoms with Crippen molar-refractivity contribution in [1.29, 1.82) is 0 Å². The third-order valence-electron chi connectivity index (χ3n) is 4.02. The summed E-state index contributed by atoms with van der Waals surface area (Å²) in [6.45, 7) is 4.27. The van der Waals surface area contributed by atoms with E-state index in [1.54, 1.807) is 0 Å².